The number of amides is 1. The van der Waals surface area contributed by atoms with Gasteiger partial charge in [-0.3, -0.25) is 4.48 Å². The van der Waals surface area contributed by atoms with E-state index in [0.717, 1.165) is 49.6 Å². The van der Waals surface area contributed by atoms with Crippen LogP contribution in [0.25, 0.3) is 10.9 Å². The molecule has 1 aliphatic rings. The number of nitrogens with zero attached hydrogens (tertiary/aromatic N) is 2. The monoisotopic (exact) mass is 334 g/mol. The number of carbonyl (C=O) groups is 1. The van der Waals surface area contributed by atoms with Gasteiger partial charge in [0.25, 0.3) is 0 Å². The van der Waals surface area contributed by atoms with Crippen molar-refractivity contribution in [1.82, 2.24) is 9.88 Å². The van der Waals surface area contributed by atoms with Crippen LogP contribution in [0.4, 0.5) is 0 Å². The van der Waals surface area contributed by atoms with Crippen LogP contribution in [-0.2, 0) is 17.8 Å². The van der Waals surface area contributed by atoms with Gasteiger partial charge in [-0.25, -0.2) is 4.79 Å². The smallest absolute Gasteiger partial charge is 0.310 e. The number of nitrogens with one attached hydrogen (secondary N) is 1. The molecule has 23 heavy (non-hydrogen) atoms. The van der Waals surface area contributed by atoms with Gasteiger partial charge in [0.15, 0.2) is 0 Å². The van der Waals surface area contributed by atoms with Crippen LogP contribution in [0.2, 0.25) is 5.02 Å². The fourth-order valence-corrected chi connectivity index (χ4v) is 3.88. The van der Waals surface area contributed by atoms with Crippen molar-refractivity contribution in [2.24, 2.45) is 0 Å². The van der Waals surface area contributed by atoms with Crippen molar-refractivity contribution in [3.8, 4) is 0 Å². The third-order valence-electron chi connectivity index (χ3n) is 5.07. The predicted octanol–water partition coefficient (Wildman–Crippen LogP) is 3.19. The van der Waals surface area contributed by atoms with Crippen molar-refractivity contribution in [2.45, 2.75) is 26.3 Å². The molecule has 0 bridgehead atoms. The lowest BCUT2D eigenvalue weighted by Crippen LogP contribution is -2.55. The van der Waals surface area contributed by atoms with E-state index in [2.05, 4.69) is 24.0 Å². The maximum absolute atomic E-state index is 12.4. The minimum atomic E-state index is 0.270. The van der Waals surface area contributed by atoms with E-state index >= 15 is 0 Å². The Morgan fingerprint density at radius 1 is 1.39 bits per heavy atom. The zero-order chi connectivity index (χ0) is 16.6. The highest BCUT2D eigenvalue weighted by Crippen LogP contribution is 2.32. The van der Waals surface area contributed by atoms with E-state index in [1.807, 2.05) is 18.2 Å². The van der Waals surface area contributed by atoms with Gasteiger partial charge in [-0.2, -0.15) is 0 Å². The molecular formula is C18H25ClN3O+. The highest BCUT2D eigenvalue weighted by molar-refractivity contribution is 6.31. The Labute approximate surface area is 142 Å². The number of halogens is 1. The van der Waals surface area contributed by atoms with Crippen LogP contribution in [0.15, 0.2) is 18.2 Å². The van der Waals surface area contributed by atoms with Gasteiger partial charge in [-0.05, 0) is 37.9 Å². The van der Waals surface area contributed by atoms with Crippen molar-refractivity contribution in [3.63, 3.8) is 0 Å². The number of fused-ring (bicyclic) bond motifs is 3. The van der Waals surface area contributed by atoms with Crippen molar-refractivity contribution in [2.75, 3.05) is 33.7 Å². The number of quaternary nitrogens is 1. The minimum absolute atomic E-state index is 0.270. The first kappa shape index (κ1) is 16.5. The van der Waals surface area contributed by atoms with Crippen LogP contribution in [0.1, 0.15) is 24.6 Å². The Morgan fingerprint density at radius 3 is 2.87 bits per heavy atom. The number of H-pyrrole nitrogens is 1. The maximum Gasteiger partial charge on any atom is 0.310 e. The Balaban J connectivity index is 1.89. The van der Waals surface area contributed by atoms with Crippen LogP contribution in [0, 0.1) is 0 Å². The summed E-state index contributed by atoms with van der Waals surface area (Å²) in [5.41, 5.74) is 3.66. The summed E-state index contributed by atoms with van der Waals surface area (Å²) in [5, 5.41) is 1.98. The first-order valence-corrected chi connectivity index (χ1v) is 8.60. The molecule has 1 unspecified atom stereocenters. The summed E-state index contributed by atoms with van der Waals surface area (Å²) in [6, 6.07) is 5.98. The number of hydrogen-bond donors (Lipinski definition) is 1. The number of rotatable bonds is 4. The lowest BCUT2D eigenvalue weighted by Gasteiger charge is -2.38. The number of aromatic nitrogens is 1. The average Bonchev–Trinajstić information content (AvgIpc) is 2.83. The normalized spacial score (nSPS) is 20.9. The van der Waals surface area contributed by atoms with Gasteiger partial charge < -0.3 is 9.88 Å². The summed E-state index contributed by atoms with van der Waals surface area (Å²) >= 11 is 6.15. The molecule has 0 aliphatic carbocycles. The molecule has 0 radical (unpaired) electrons. The molecule has 0 fully saturated rings. The molecule has 2 aromatic rings. The molecule has 3 rings (SSSR count). The van der Waals surface area contributed by atoms with Gasteiger partial charge in [-0.15, -0.1) is 0 Å². The highest BCUT2D eigenvalue weighted by Gasteiger charge is 2.38. The average molecular weight is 335 g/mol. The van der Waals surface area contributed by atoms with E-state index in [1.165, 1.54) is 16.6 Å². The number of hydrogen-bond acceptors (Lipinski definition) is 2. The Bertz CT molecular complexity index is 737. The molecule has 0 saturated heterocycles. The molecule has 1 atom stereocenters. The third kappa shape index (κ3) is 3.16. The number of aromatic amines is 1. The molecule has 1 aromatic heterocycles. The molecule has 5 heteroatoms. The summed E-state index contributed by atoms with van der Waals surface area (Å²) in [5.74, 6) is 0.270. The van der Waals surface area contributed by atoms with E-state index in [9.17, 15) is 4.79 Å². The van der Waals surface area contributed by atoms with Crippen LogP contribution in [0.5, 0.6) is 0 Å². The molecule has 1 aromatic carbocycles. The summed E-state index contributed by atoms with van der Waals surface area (Å²) < 4.78 is 0.557. The van der Waals surface area contributed by atoms with Crippen LogP contribution < -0.4 is 0 Å². The fourth-order valence-electron chi connectivity index (χ4n) is 3.71. The molecule has 1 N–H and O–H groups in total. The zero-order valence-electron chi connectivity index (χ0n) is 14.2. The van der Waals surface area contributed by atoms with Crippen molar-refractivity contribution >= 4 is 28.4 Å². The number of benzene rings is 1. The van der Waals surface area contributed by atoms with E-state index in [4.69, 9.17) is 11.6 Å². The molecule has 1 aliphatic heterocycles. The summed E-state index contributed by atoms with van der Waals surface area (Å²) in [6.07, 6.45) is 1.96. The van der Waals surface area contributed by atoms with E-state index in [-0.39, 0.29) is 5.91 Å². The second-order valence-electron chi connectivity index (χ2n) is 6.95. The number of carbonyl (C=O) groups excluding carboxylic acids is 1. The first-order valence-electron chi connectivity index (χ1n) is 8.22. The fraction of sp³-hybridized carbons (Fsp3) is 0.500. The van der Waals surface area contributed by atoms with Crippen LogP contribution in [0.3, 0.4) is 0 Å². The molecule has 1 amide bonds. The van der Waals surface area contributed by atoms with Crippen molar-refractivity contribution < 1.29 is 9.28 Å². The van der Waals surface area contributed by atoms with Gasteiger partial charge in [0.05, 0.1) is 25.7 Å². The summed E-state index contributed by atoms with van der Waals surface area (Å²) in [7, 11) is 4.15. The van der Waals surface area contributed by atoms with Gasteiger partial charge in [0, 0.05) is 35.3 Å². The molecule has 2 heterocycles. The Morgan fingerprint density at radius 2 is 2.17 bits per heavy atom. The van der Waals surface area contributed by atoms with Crippen LogP contribution >= 0.6 is 11.6 Å². The highest BCUT2D eigenvalue weighted by atomic mass is 35.5. The largest absolute Gasteiger partial charge is 0.354 e. The second-order valence-corrected chi connectivity index (χ2v) is 7.38. The lowest BCUT2D eigenvalue weighted by molar-refractivity contribution is -0.869. The SMILES string of the molecule is CC(=O)[N+]1(CCCN(C)C)CCc2c([nH]c3ccc(Cl)cc23)C1. The predicted molar refractivity (Wildman–Crippen MR) is 94.6 cm³/mol. The van der Waals surface area contributed by atoms with E-state index < -0.39 is 0 Å². The van der Waals surface area contributed by atoms with Gasteiger partial charge >= 0.3 is 5.91 Å². The van der Waals surface area contributed by atoms with E-state index in [1.54, 1.807) is 6.92 Å². The molecular weight excluding hydrogens is 310 g/mol. The summed E-state index contributed by atoms with van der Waals surface area (Å²) in [6.45, 7) is 5.31. The maximum atomic E-state index is 12.4. The van der Waals surface area contributed by atoms with Crippen molar-refractivity contribution in [3.05, 3.63) is 34.5 Å². The van der Waals surface area contributed by atoms with Gasteiger partial charge in [0.2, 0.25) is 0 Å². The standard InChI is InChI=1S/C18H25ClN3O/c1-13(23)22(9-4-8-21(2)3)10-7-15-16-11-14(19)5-6-17(16)20-18(15)12-22/h5-6,11,20H,4,7-10,12H2,1-3H3/q+1. The Hall–Kier alpha value is -1.36. The molecule has 0 spiro atoms. The van der Waals surface area contributed by atoms with Crippen molar-refractivity contribution in [1.29, 1.82) is 0 Å². The summed E-state index contributed by atoms with van der Waals surface area (Å²) in [4.78, 5) is 18.1. The Kier molecular flexibility index (Phi) is 4.50. The second kappa shape index (κ2) is 6.27. The zero-order valence-corrected chi connectivity index (χ0v) is 14.9. The van der Waals surface area contributed by atoms with Gasteiger partial charge in [0.1, 0.15) is 6.54 Å². The van der Waals surface area contributed by atoms with Gasteiger partial charge in [-0.1, -0.05) is 11.6 Å². The molecule has 0 saturated carbocycles. The quantitative estimate of drug-likeness (QED) is 0.872. The van der Waals surface area contributed by atoms with E-state index in [0.29, 0.717) is 4.48 Å². The van der Waals surface area contributed by atoms with Crippen LogP contribution in [-0.4, -0.2) is 54.0 Å². The minimum Gasteiger partial charge on any atom is -0.354 e. The third-order valence-corrected chi connectivity index (χ3v) is 5.30. The molecule has 124 valence electrons. The lowest BCUT2D eigenvalue weighted by atomic mass is 10.0. The first-order chi connectivity index (χ1) is 10.9. The topological polar surface area (TPSA) is 36.1 Å². The molecule has 4 nitrogen and oxygen atoms in total.